The first kappa shape index (κ1) is 26.8. The van der Waals surface area contributed by atoms with Crippen LogP contribution in [0.3, 0.4) is 0 Å². The zero-order chi connectivity index (χ0) is 25.0. The summed E-state index contributed by atoms with van der Waals surface area (Å²) in [5.74, 6) is -0.898. The van der Waals surface area contributed by atoms with E-state index in [2.05, 4.69) is 0 Å². The highest BCUT2D eigenvalue weighted by molar-refractivity contribution is 6.32. The summed E-state index contributed by atoms with van der Waals surface area (Å²) in [6.45, 7) is 3.57. The molecule has 0 amide bonds. The van der Waals surface area contributed by atoms with E-state index in [1.807, 2.05) is 6.92 Å². The van der Waals surface area contributed by atoms with E-state index in [4.69, 9.17) is 21.1 Å². The molecule has 0 heterocycles. The van der Waals surface area contributed by atoms with Gasteiger partial charge in [-0.15, -0.1) is 0 Å². The Morgan fingerprint density at radius 2 is 1.58 bits per heavy atom. The summed E-state index contributed by atoms with van der Waals surface area (Å²) < 4.78 is 87.4. The zero-order valence-electron chi connectivity index (χ0n) is 18.2. The molecule has 0 radical (unpaired) electrons. The Kier molecular flexibility index (Phi) is 8.32. The number of carbonyl (C=O) groups excluding carboxylic acids is 1. The number of alkyl halides is 6. The molecule has 0 aliphatic heterocycles. The minimum absolute atomic E-state index is 0.0297. The first-order chi connectivity index (χ1) is 15.2. The lowest BCUT2D eigenvalue weighted by atomic mass is 9.77. The van der Waals surface area contributed by atoms with Gasteiger partial charge in [-0.05, 0) is 55.7 Å². The van der Waals surface area contributed by atoms with Crippen LogP contribution < -0.4 is 4.74 Å². The summed E-state index contributed by atoms with van der Waals surface area (Å²) >= 11 is 6.28. The van der Waals surface area contributed by atoms with E-state index in [-0.39, 0.29) is 28.5 Å². The number of ether oxygens (including phenoxy) is 2. The minimum Gasteiger partial charge on any atom is -0.482 e. The first-order valence-corrected chi connectivity index (χ1v) is 10.5. The highest BCUT2D eigenvalue weighted by Gasteiger charge is 2.38. The predicted molar refractivity (Wildman–Crippen MR) is 112 cm³/mol. The Morgan fingerprint density at radius 3 is 2.06 bits per heavy atom. The molecule has 0 N–H and O–H groups in total. The normalized spacial score (nSPS) is 14.0. The van der Waals surface area contributed by atoms with Crippen molar-refractivity contribution in [2.45, 2.75) is 51.4 Å². The smallest absolute Gasteiger partial charge is 0.422 e. The van der Waals surface area contributed by atoms with Crippen LogP contribution in [0.2, 0.25) is 5.02 Å². The van der Waals surface area contributed by atoms with Gasteiger partial charge in [-0.2, -0.15) is 26.3 Å². The number of esters is 1. The van der Waals surface area contributed by atoms with E-state index >= 15 is 0 Å². The van der Waals surface area contributed by atoms with Gasteiger partial charge in [0.25, 0.3) is 0 Å². The molecular formula is C23H23ClF6O3. The molecular weight excluding hydrogens is 474 g/mol. The van der Waals surface area contributed by atoms with Crippen LogP contribution in [-0.4, -0.2) is 25.4 Å². The predicted octanol–water partition coefficient (Wildman–Crippen LogP) is 7.59. The minimum atomic E-state index is -4.67. The van der Waals surface area contributed by atoms with Gasteiger partial charge in [0, 0.05) is 5.56 Å². The number of hydrogen-bond acceptors (Lipinski definition) is 3. The van der Waals surface area contributed by atoms with Crippen molar-refractivity contribution in [3.05, 3.63) is 52.5 Å². The molecule has 0 fully saturated rings. The highest BCUT2D eigenvalue weighted by Crippen LogP contribution is 2.43. The van der Waals surface area contributed by atoms with Gasteiger partial charge in [-0.25, -0.2) is 0 Å². The Bertz CT molecular complexity index is 970. The summed E-state index contributed by atoms with van der Waals surface area (Å²) in [6, 6.07) is 6.57. The molecule has 0 aromatic heterocycles. The van der Waals surface area contributed by atoms with E-state index in [0.717, 1.165) is 24.3 Å². The Labute approximate surface area is 192 Å². The molecule has 2 rings (SSSR count). The molecule has 182 valence electrons. The molecule has 0 bridgehead atoms. The van der Waals surface area contributed by atoms with E-state index < -0.39 is 35.9 Å². The molecule has 1 atom stereocenters. The van der Waals surface area contributed by atoms with E-state index in [1.165, 1.54) is 12.1 Å². The third kappa shape index (κ3) is 6.56. The summed E-state index contributed by atoms with van der Waals surface area (Å²) in [4.78, 5) is 12.7. The Morgan fingerprint density at radius 1 is 0.970 bits per heavy atom. The van der Waals surface area contributed by atoms with Gasteiger partial charge in [-0.3, -0.25) is 4.79 Å². The molecule has 0 aliphatic carbocycles. The molecule has 10 heteroatoms. The number of rotatable bonds is 8. The van der Waals surface area contributed by atoms with Gasteiger partial charge < -0.3 is 9.47 Å². The maximum atomic E-state index is 13.0. The molecule has 1 unspecified atom stereocenters. The van der Waals surface area contributed by atoms with Gasteiger partial charge in [0.2, 0.25) is 0 Å². The monoisotopic (exact) mass is 496 g/mol. The van der Waals surface area contributed by atoms with Crippen molar-refractivity contribution in [2.24, 2.45) is 0 Å². The van der Waals surface area contributed by atoms with Crippen LogP contribution in [0.25, 0.3) is 11.1 Å². The van der Waals surface area contributed by atoms with Crippen molar-refractivity contribution in [1.82, 2.24) is 0 Å². The summed E-state index contributed by atoms with van der Waals surface area (Å²) in [5, 5.41) is -0.210. The maximum absolute atomic E-state index is 13.0. The maximum Gasteiger partial charge on any atom is 0.422 e. The lowest BCUT2D eigenvalue weighted by Crippen LogP contribution is -2.34. The third-order valence-electron chi connectivity index (χ3n) is 5.06. The second-order valence-electron chi connectivity index (χ2n) is 7.62. The van der Waals surface area contributed by atoms with Crippen LogP contribution in [0.15, 0.2) is 36.4 Å². The quantitative estimate of drug-likeness (QED) is 0.279. The fraction of sp³-hybridized carbons (Fsp3) is 0.435. The topological polar surface area (TPSA) is 35.5 Å². The molecule has 0 spiro atoms. The van der Waals surface area contributed by atoms with Gasteiger partial charge in [0.05, 0.1) is 22.6 Å². The van der Waals surface area contributed by atoms with Crippen LogP contribution in [0.5, 0.6) is 5.75 Å². The van der Waals surface area contributed by atoms with Gasteiger partial charge in [-0.1, -0.05) is 37.1 Å². The molecule has 0 aliphatic rings. The second kappa shape index (κ2) is 10.2. The largest absolute Gasteiger partial charge is 0.482 e. The Hall–Kier alpha value is -2.42. The number of benzene rings is 2. The summed E-state index contributed by atoms with van der Waals surface area (Å²) in [6.07, 6.45) is -8.33. The average Bonchev–Trinajstić information content (AvgIpc) is 2.71. The van der Waals surface area contributed by atoms with E-state index in [1.54, 1.807) is 13.8 Å². The van der Waals surface area contributed by atoms with Crippen molar-refractivity contribution in [1.29, 1.82) is 0 Å². The van der Waals surface area contributed by atoms with Crippen molar-refractivity contribution in [2.75, 3.05) is 13.2 Å². The molecule has 2 aromatic carbocycles. The molecule has 2 aromatic rings. The lowest BCUT2D eigenvalue weighted by molar-refractivity contribution is -0.153. The number of carbonyl (C=O) groups is 1. The van der Waals surface area contributed by atoms with Gasteiger partial charge in [0.15, 0.2) is 6.61 Å². The number of hydrogen-bond donors (Lipinski definition) is 0. The number of halogens is 7. The van der Waals surface area contributed by atoms with Crippen LogP contribution in [0, 0.1) is 0 Å². The Balaban J connectivity index is 2.69. The van der Waals surface area contributed by atoms with Crippen LogP contribution >= 0.6 is 11.6 Å². The molecule has 0 saturated carbocycles. The van der Waals surface area contributed by atoms with Crippen LogP contribution in [-0.2, 0) is 21.1 Å². The van der Waals surface area contributed by atoms with Crippen molar-refractivity contribution >= 4 is 17.6 Å². The fourth-order valence-corrected chi connectivity index (χ4v) is 3.69. The summed E-state index contributed by atoms with van der Waals surface area (Å²) in [5.41, 5.74) is -1.58. The standard InChI is InChI=1S/C23H23ClF6O3/c1-4-10-21(3,20(31)32-5-2)16-11-17(14-6-8-15(9-7-14)23(28,29)30)19(18(24)12-16)33-13-22(25,26)27/h6-9,11-12H,4-5,10,13H2,1-3H3. The second-order valence-corrected chi connectivity index (χ2v) is 8.02. The first-order valence-electron chi connectivity index (χ1n) is 10.1. The van der Waals surface area contributed by atoms with Gasteiger partial charge >= 0.3 is 18.3 Å². The van der Waals surface area contributed by atoms with E-state index in [9.17, 15) is 31.1 Å². The van der Waals surface area contributed by atoms with Crippen LogP contribution in [0.4, 0.5) is 26.3 Å². The molecule has 0 saturated heterocycles. The average molecular weight is 497 g/mol. The molecule has 33 heavy (non-hydrogen) atoms. The van der Waals surface area contributed by atoms with E-state index in [0.29, 0.717) is 18.4 Å². The fourth-order valence-electron chi connectivity index (χ4n) is 3.42. The lowest BCUT2D eigenvalue weighted by Gasteiger charge is -2.29. The van der Waals surface area contributed by atoms with Crippen molar-refractivity contribution in [3.8, 4) is 16.9 Å². The molecule has 3 nitrogen and oxygen atoms in total. The SMILES string of the molecule is CCCC(C)(C(=O)OCC)c1cc(Cl)c(OCC(F)(F)F)c(-c2ccc(C(F)(F)F)cc2)c1. The van der Waals surface area contributed by atoms with Crippen molar-refractivity contribution < 1.29 is 40.6 Å². The van der Waals surface area contributed by atoms with Crippen molar-refractivity contribution in [3.63, 3.8) is 0 Å². The zero-order valence-corrected chi connectivity index (χ0v) is 18.9. The van der Waals surface area contributed by atoms with Crippen LogP contribution in [0.1, 0.15) is 44.7 Å². The third-order valence-corrected chi connectivity index (χ3v) is 5.34. The van der Waals surface area contributed by atoms with Gasteiger partial charge in [0.1, 0.15) is 5.75 Å². The highest BCUT2D eigenvalue weighted by atomic mass is 35.5. The summed E-state index contributed by atoms with van der Waals surface area (Å²) in [7, 11) is 0.